The van der Waals surface area contributed by atoms with Gasteiger partial charge in [-0.3, -0.25) is 4.72 Å². The summed E-state index contributed by atoms with van der Waals surface area (Å²) in [4.78, 5) is 4.41. The van der Waals surface area contributed by atoms with Gasteiger partial charge < -0.3 is 19.3 Å². The smallest absolute Gasteiger partial charge is 0.271 e. The second kappa shape index (κ2) is 8.46. The number of hydrogen-bond acceptors (Lipinski definition) is 7. The Bertz CT molecular complexity index is 923. The normalized spacial score (nSPS) is 18.3. The molecule has 0 bridgehead atoms. The van der Waals surface area contributed by atoms with Gasteiger partial charge in [0.2, 0.25) is 0 Å². The third kappa shape index (κ3) is 4.38. The van der Waals surface area contributed by atoms with E-state index in [-0.39, 0.29) is 4.21 Å². The molecule has 2 aromatic rings. The van der Waals surface area contributed by atoms with Gasteiger partial charge in [-0.15, -0.1) is 11.3 Å². The maximum atomic E-state index is 12.8. The number of nitrogens with zero attached hydrogens (tertiary/aromatic N) is 2. The van der Waals surface area contributed by atoms with Crippen LogP contribution >= 0.6 is 22.9 Å². The molecule has 0 saturated carbocycles. The molecule has 0 aliphatic carbocycles. The van der Waals surface area contributed by atoms with Gasteiger partial charge in [0.1, 0.15) is 4.21 Å². The minimum atomic E-state index is -3.70. The van der Waals surface area contributed by atoms with Crippen LogP contribution in [0, 0.1) is 0 Å². The van der Waals surface area contributed by atoms with E-state index in [9.17, 15) is 8.42 Å². The molecule has 7 nitrogen and oxygen atoms in total. The first-order valence-corrected chi connectivity index (χ1v) is 11.8. The molecule has 28 heavy (non-hydrogen) atoms. The predicted octanol–water partition coefficient (Wildman–Crippen LogP) is 2.88. The van der Waals surface area contributed by atoms with Crippen LogP contribution in [-0.2, 0) is 19.5 Å². The van der Waals surface area contributed by atoms with Crippen LogP contribution in [0.15, 0.2) is 34.5 Å². The summed E-state index contributed by atoms with van der Waals surface area (Å²) >= 11 is 6.96. The monoisotopic (exact) mass is 443 g/mol. The number of anilines is 3. The van der Waals surface area contributed by atoms with Gasteiger partial charge in [-0.2, -0.15) is 0 Å². The van der Waals surface area contributed by atoms with Gasteiger partial charge in [0.05, 0.1) is 42.1 Å². The molecular weight excluding hydrogens is 422 g/mol. The summed E-state index contributed by atoms with van der Waals surface area (Å²) in [5, 5.41) is 0. The number of thiophene rings is 1. The average molecular weight is 444 g/mol. The van der Waals surface area contributed by atoms with E-state index < -0.39 is 10.0 Å². The fourth-order valence-electron chi connectivity index (χ4n) is 3.33. The lowest BCUT2D eigenvalue weighted by atomic mass is 10.2. The molecule has 0 amide bonds. The predicted molar refractivity (Wildman–Crippen MR) is 113 cm³/mol. The number of hydrogen-bond donors (Lipinski definition) is 1. The van der Waals surface area contributed by atoms with Crippen LogP contribution in [0.25, 0.3) is 0 Å². The molecule has 152 valence electrons. The fourth-order valence-corrected chi connectivity index (χ4v) is 5.88. The van der Waals surface area contributed by atoms with Gasteiger partial charge in [0, 0.05) is 31.9 Å². The third-order valence-electron chi connectivity index (χ3n) is 4.77. The zero-order valence-corrected chi connectivity index (χ0v) is 17.7. The molecule has 10 heteroatoms. The molecule has 2 saturated heterocycles. The SMILES string of the molecule is O=S(=O)(Nc1ccc(N2CCOCC2)cc1N1CCOCC1)c1ccc(Cl)s1. The van der Waals surface area contributed by atoms with Crippen molar-refractivity contribution >= 4 is 50.0 Å². The van der Waals surface area contributed by atoms with E-state index in [1.54, 1.807) is 6.07 Å². The Balaban J connectivity index is 1.66. The Labute approximate surface area is 173 Å². The zero-order valence-electron chi connectivity index (χ0n) is 15.3. The van der Waals surface area contributed by atoms with E-state index in [4.69, 9.17) is 21.1 Å². The van der Waals surface area contributed by atoms with E-state index in [0.717, 1.165) is 35.8 Å². The largest absolute Gasteiger partial charge is 0.378 e. The van der Waals surface area contributed by atoms with Crippen LogP contribution in [0.1, 0.15) is 0 Å². The molecule has 2 fully saturated rings. The number of morpholine rings is 2. The topological polar surface area (TPSA) is 71.1 Å². The first-order chi connectivity index (χ1) is 13.5. The van der Waals surface area contributed by atoms with Gasteiger partial charge in [-0.05, 0) is 30.3 Å². The van der Waals surface area contributed by atoms with Crippen LogP contribution in [0.4, 0.5) is 17.1 Å². The number of halogens is 1. The van der Waals surface area contributed by atoms with E-state index in [0.29, 0.717) is 49.5 Å². The van der Waals surface area contributed by atoms with Crippen molar-refractivity contribution in [3.63, 3.8) is 0 Å². The molecule has 1 aromatic carbocycles. The quantitative estimate of drug-likeness (QED) is 0.766. The number of rotatable bonds is 5. The lowest BCUT2D eigenvalue weighted by Gasteiger charge is -2.33. The Morgan fingerprint density at radius 2 is 1.57 bits per heavy atom. The zero-order chi connectivity index (χ0) is 19.6. The van der Waals surface area contributed by atoms with Crippen molar-refractivity contribution in [2.45, 2.75) is 4.21 Å². The van der Waals surface area contributed by atoms with Gasteiger partial charge in [-0.1, -0.05) is 11.6 Å². The van der Waals surface area contributed by atoms with Crippen molar-refractivity contribution in [3.05, 3.63) is 34.7 Å². The summed E-state index contributed by atoms with van der Waals surface area (Å²) in [5.74, 6) is 0. The molecule has 2 aliphatic heterocycles. The summed E-state index contributed by atoms with van der Waals surface area (Å²) in [7, 11) is -3.70. The summed E-state index contributed by atoms with van der Waals surface area (Å²) in [6.45, 7) is 5.70. The number of benzene rings is 1. The van der Waals surface area contributed by atoms with Crippen molar-refractivity contribution < 1.29 is 17.9 Å². The highest BCUT2D eigenvalue weighted by Crippen LogP contribution is 2.35. The fraction of sp³-hybridized carbons (Fsp3) is 0.444. The highest BCUT2D eigenvalue weighted by Gasteiger charge is 2.23. The molecule has 0 unspecified atom stereocenters. The van der Waals surface area contributed by atoms with Crippen LogP contribution in [-0.4, -0.2) is 61.0 Å². The van der Waals surface area contributed by atoms with Gasteiger partial charge in [0.15, 0.2) is 0 Å². The van der Waals surface area contributed by atoms with Gasteiger partial charge >= 0.3 is 0 Å². The second-order valence-electron chi connectivity index (χ2n) is 6.56. The highest BCUT2D eigenvalue weighted by atomic mass is 35.5. The summed E-state index contributed by atoms with van der Waals surface area (Å²) in [6.07, 6.45) is 0. The second-order valence-corrected chi connectivity index (χ2v) is 10.2. The molecular formula is C18H22ClN3O4S2. The minimum Gasteiger partial charge on any atom is -0.378 e. The molecule has 1 aromatic heterocycles. The van der Waals surface area contributed by atoms with Crippen LogP contribution in [0.2, 0.25) is 4.34 Å². The maximum Gasteiger partial charge on any atom is 0.271 e. The summed E-state index contributed by atoms with van der Waals surface area (Å²) in [5.41, 5.74) is 2.48. The Hall–Kier alpha value is -1.52. The number of nitrogens with one attached hydrogen (secondary N) is 1. The third-order valence-corrected chi connectivity index (χ3v) is 7.86. The molecule has 0 spiro atoms. The van der Waals surface area contributed by atoms with Crippen LogP contribution in [0.3, 0.4) is 0 Å². The molecule has 2 aliphatic rings. The van der Waals surface area contributed by atoms with Crippen molar-refractivity contribution in [1.29, 1.82) is 0 Å². The van der Waals surface area contributed by atoms with Gasteiger partial charge in [-0.25, -0.2) is 8.42 Å². The standard InChI is InChI=1S/C18H22ClN3O4S2/c19-17-3-4-18(27-17)28(23,24)20-15-2-1-14(21-5-9-25-10-6-21)13-16(15)22-7-11-26-12-8-22/h1-4,13,20H,5-12H2. The number of sulfonamides is 1. The summed E-state index contributed by atoms with van der Waals surface area (Å²) < 4.78 is 39.9. The van der Waals surface area contributed by atoms with Crippen LogP contribution in [0.5, 0.6) is 0 Å². The molecule has 1 N–H and O–H groups in total. The maximum absolute atomic E-state index is 12.8. The molecule has 4 rings (SSSR count). The Morgan fingerprint density at radius 1 is 0.929 bits per heavy atom. The lowest BCUT2D eigenvalue weighted by Crippen LogP contribution is -2.38. The van der Waals surface area contributed by atoms with Crippen molar-refractivity contribution in [3.8, 4) is 0 Å². The molecule has 0 atom stereocenters. The first-order valence-electron chi connectivity index (χ1n) is 9.10. The van der Waals surface area contributed by atoms with Gasteiger partial charge in [0.25, 0.3) is 10.0 Å². The van der Waals surface area contributed by atoms with Crippen molar-refractivity contribution in [2.75, 3.05) is 67.1 Å². The van der Waals surface area contributed by atoms with E-state index in [1.807, 2.05) is 12.1 Å². The lowest BCUT2D eigenvalue weighted by molar-refractivity contribution is 0.122. The van der Waals surface area contributed by atoms with E-state index in [1.165, 1.54) is 6.07 Å². The Morgan fingerprint density at radius 3 is 2.18 bits per heavy atom. The molecule has 0 radical (unpaired) electrons. The molecule has 3 heterocycles. The Kier molecular flexibility index (Phi) is 5.98. The number of ether oxygens (including phenoxy) is 2. The van der Waals surface area contributed by atoms with E-state index >= 15 is 0 Å². The first kappa shape index (κ1) is 19.8. The highest BCUT2D eigenvalue weighted by molar-refractivity contribution is 7.94. The van der Waals surface area contributed by atoms with Crippen molar-refractivity contribution in [1.82, 2.24) is 0 Å². The summed E-state index contributed by atoms with van der Waals surface area (Å²) in [6, 6.07) is 8.95. The van der Waals surface area contributed by atoms with E-state index in [2.05, 4.69) is 20.6 Å². The van der Waals surface area contributed by atoms with Crippen molar-refractivity contribution in [2.24, 2.45) is 0 Å². The average Bonchev–Trinajstić information content (AvgIpc) is 3.17. The van der Waals surface area contributed by atoms with Crippen LogP contribution < -0.4 is 14.5 Å². The minimum absolute atomic E-state index is 0.197.